The summed E-state index contributed by atoms with van der Waals surface area (Å²) in [6, 6.07) is 6.09. The van der Waals surface area contributed by atoms with E-state index in [9.17, 15) is 4.79 Å². The van der Waals surface area contributed by atoms with Gasteiger partial charge in [0.2, 0.25) is 0 Å². The van der Waals surface area contributed by atoms with E-state index in [4.69, 9.17) is 9.47 Å². The number of carbonyl (C=O) groups excluding carboxylic acids is 1. The summed E-state index contributed by atoms with van der Waals surface area (Å²) in [5.74, 6) is 1.00. The van der Waals surface area contributed by atoms with E-state index >= 15 is 0 Å². The molecule has 1 heterocycles. The predicted octanol–water partition coefficient (Wildman–Crippen LogP) is 3.72. The molecule has 1 aromatic heterocycles. The molecule has 0 saturated carbocycles. The second-order valence-corrected chi connectivity index (χ2v) is 6.40. The van der Waals surface area contributed by atoms with Crippen LogP contribution in [0.2, 0.25) is 0 Å². The summed E-state index contributed by atoms with van der Waals surface area (Å²) in [6.07, 6.45) is 6.64. The molecule has 0 aliphatic heterocycles. The molecule has 1 aliphatic rings. The normalized spacial score (nSPS) is 16.0. The average Bonchev–Trinajstić information content (AvgIpc) is 2.65. The third kappa shape index (κ3) is 3.60. The van der Waals surface area contributed by atoms with Gasteiger partial charge in [-0.1, -0.05) is 6.07 Å². The fourth-order valence-corrected chi connectivity index (χ4v) is 3.53. The van der Waals surface area contributed by atoms with Gasteiger partial charge in [0.25, 0.3) is 0 Å². The number of aryl methyl sites for hydroxylation is 2. The highest BCUT2D eigenvalue weighted by atomic mass is 16.5. The van der Waals surface area contributed by atoms with Crippen LogP contribution in [0.5, 0.6) is 5.75 Å². The lowest BCUT2D eigenvalue weighted by atomic mass is 9.81. The molecule has 1 atom stereocenters. The highest BCUT2D eigenvalue weighted by Crippen LogP contribution is 2.36. The predicted molar refractivity (Wildman–Crippen MR) is 97.5 cm³/mol. The Bertz CT molecular complexity index is 774. The smallest absolute Gasteiger partial charge is 0.340 e. The largest absolute Gasteiger partial charge is 0.496 e. The summed E-state index contributed by atoms with van der Waals surface area (Å²) in [4.78, 5) is 16.0. The molecule has 0 radical (unpaired) electrons. The molecule has 5 nitrogen and oxygen atoms in total. The van der Waals surface area contributed by atoms with E-state index in [1.165, 1.54) is 18.2 Å². The lowest BCUT2D eigenvalue weighted by Gasteiger charge is -2.27. The standard InChI is InChI=1S/C20H24N2O3/c1-13-9-17-14(10-19(13)24-2)5-4-6-15(17)11-22-18-12-21-8-7-16(18)20(23)25-3/h7-10,12,15,22H,4-6,11H2,1-3H3. The van der Waals surface area contributed by atoms with E-state index in [0.29, 0.717) is 17.2 Å². The molecule has 25 heavy (non-hydrogen) atoms. The Labute approximate surface area is 148 Å². The molecule has 1 aromatic carbocycles. The topological polar surface area (TPSA) is 60.5 Å². The minimum Gasteiger partial charge on any atom is -0.496 e. The summed E-state index contributed by atoms with van der Waals surface area (Å²) < 4.78 is 10.3. The number of ether oxygens (including phenoxy) is 2. The third-order valence-electron chi connectivity index (χ3n) is 4.86. The number of pyridine rings is 1. The first-order valence-electron chi connectivity index (χ1n) is 8.57. The van der Waals surface area contributed by atoms with Crippen molar-refractivity contribution < 1.29 is 14.3 Å². The van der Waals surface area contributed by atoms with Crippen LogP contribution in [0, 0.1) is 6.92 Å². The van der Waals surface area contributed by atoms with Crippen LogP contribution in [0.15, 0.2) is 30.6 Å². The number of nitrogens with zero attached hydrogens (tertiary/aromatic N) is 1. The number of carbonyl (C=O) groups is 1. The van der Waals surface area contributed by atoms with Gasteiger partial charge in [-0.3, -0.25) is 4.98 Å². The van der Waals surface area contributed by atoms with Crippen molar-refractivity contribution in [1.29, 1.82) is 0 Å². The second-order valence-electron chi connectivity index (χ2n) is 6.40. The Balaban J connectivity index is 1.80. The van der Waals surface area contributed by atoms with Crippen molar-refractivity contribution in [3.05, 3.63) is 52.8 Å². The van der Waals surface area contributed by atoms with E-state index in [-0.39, 0.29) is 5.97 Å². The molecule has 132 valence electrons. The number of hydrogen-bond donors (Lipinski definition) is 1. The van der Waals surface area contributed by atoms with Gasteiger partial charge >= 0.3 is 5.97 Å². The molecule has 0 spiro atoms. The van der Waals surface area contributed by atoms with Gasteiger partial charge in [0.05, 0.1) is 31.7 Å². The lowest BCUT2D eigenvalue weighted by Crippen LogP contribution is -2.20. The molecule has 5 heteroatoms. The number of aromatic nitrogens is 1. The number of hydrogen-bond acceptors (Lipinski definition) is 5. The van der Waals surface area contributed by atoms with Crippen LogP contribution in [0.25, 0.3) is 0 Å². The number of methoxy groups -OCH3 is 2. The van der Waals surface area contributed by atoms with Crippen LogP contribution in [0.1, 0.15) is 45.8 Å². The number of nitrogens with one attached hydrogen (secondary N) is 1. The van der Waals surface area contributed by atoms with Gasteiger partial charge in [0.1, 0.15) is 5.75 Å². The Morgan fingerprint density at radius 1 is 1.36 bits per heavy atom. The second kappa shape index (κ2) is 7.55. The van der Waals surface area contributed by atoms with Crippen molar-refractivity contribution in [3.63, 3.8) is 0 Å². The molecule has 0 bridgehead atoms. The Morgan fingerprint density at radius 2 is 2.20 bits per heavy atom. The number of rotatable bonds is 5. The average molecular weight is 340 g/mol. The first-order chi connectivity index (χ1) is 12.1. The van der Waals surface area contributed by atoms with Crippen molar-refractivity contribution in [2.24, 2.45) is 0 Å². The molecule has 2 aromatic rings. The zero-order chi connectivity index (χ0) is 17.8. The molecule has 3 rings (SSSR count). The maximum absolute atomic E-state index is 11.9. The fourth-order valence-electron chi connectivity index (χ4n) is 3.53. The first kappa shape index (κ1) is 17.3. The first-order valence-corrected chi connectivity index (χ1v) is 8.57. The minimum atomic E-state index is -0.352. The van der Waals surface area contributed by atoms with Crippen molar-refractivity contribution in [3.8, 4) is 5.75 Å². The minimum absolute atomic E-state index is 0.352. The van der Waals surface area contributed by atoms with Crippen LogP contribution in [0.3, 0.4) is 0 Å². The number of anilines is 1. The van der Waals surface area contributed by atoms with Gasteiger partial charge < -0.3 is 14.8 Å². The van der Waals surface area contributed by atoms with Crippen LogP contribution < -0.4 is 10.1 Å². The number of fused-ring (bicyclic) bond motifs is 1. The summed E-state index contributed by atoms with van der Waals surface area (Å²) in [6.45, 7) is 2.84. The van der Waals surface area contributed by atoms with Crippen LogP contribution in [0.4, 0.5) is 5.69 Å². The summed E-state index contributed by atoms with van der Waals surface area (Å²) in [7, 11) is 3.10. The van der Waals surface area contributed by atoms with Crippen molar-refractivity contribution in [2.75, 3.05) is 26.1 Å². The van der Waals surface area contributed by atoms with E-state index in [1.54, 1.807) is 25.6 Å². The monoisotopic (exact) mass is 340 g/mol. The Morgan fingerprint density at radius 3 is 2.96 bits per heavy atom. The molecule has 0 saturated heterocycles. The maximum Gasteiger partial charge on any atom is 0.340 e. The highest BCUT2D eigenvalue weighted by molar-refractivity contribution is 5.95. The number of benzene rings is 1. The van der Waals surface area contributed by atoms with Gasteiger partial charge in [0.15, 0.2) is 0 Å². The molecule has 1 N–H and O–H groups in total. The highest BCUT2D eigenvalue weighted by Gasteiger charge is 2.22. The molecule has 1 aliphatic carbocycles. The van der Waals surface area contributed by atoms with E-state index in [0.717, 1.165) is 37.1 Å². The van der Waals surface area contributed by atoms with Gasteiger partial charge in [-0.25, -0.2) is 4.79 Å². The summed E-state index contributed by atoms with van der Waals surface area (Å²) in [5.41, 5.74) is 5.12. The third-order valence-corrected chi connectivity index (χ3v) is 4.86. The molecule has 0 fully saturated rings. The lowest BCUT2D eigenvalue weighted by molar-refractivity contribution is 0.0601. The van der Waals surface area contributed by atoms with Crippen LogP contribution in [-0.4, -0.2) is 31.7 Å². The fraction of sp³-hybridized carbons (Fsp3) is 0.400. The zero-order valence-corrected chi connectivity index (χ0v) is 15.0. The van der Waals surface area contributed by atoms with E-state index in [1.807, 2.05) is 0 Å². The van der Waals surface area contributed by atoms with Crippen molar-refractivity contribution in [2.45, 2.75) is 32.1 Å². The quantitative estimate of drug-likeness (QED) is 0.841. The molecule has 1 unspecified atom stereocenters. The van der Waals surface area contributed by atoms with Gasteiger partial charge in [-0.05, 0) is 55.0 Å². The van der Waals surface area contributed by atoms with E-state index < -0.39 is 0 Å². The van der Waals surface area contributed by atoms with Gasteiger partial charge in [-0.15, -0.1) is 0 Å². The van der Waals surface area contributed by atoms with Crippen LogP contribution >= 0.6 is 0 Å². The molecular weight excluding hydrogens is 316 g/mol. The SMILES string of the molecule is COC(=O)c1ccncc1NCC1CCCc2cc(OC)c(C)cc21. The maximum atomic E-state index is 11.9. The van der Waals surface area contributed by atoms with E-state index in [2.05, 4.69) is 29.4 Å². The Hall–Kier alpha value is -2.56. The van der Waals surface area contributed by atoms with Crippen molar-refractivity contribution in [1.82, 2.24) is 4.98 Å². The van der Waals surface area contributed by atoms with Gasteiger partial charge in [0, 0.05) is 18.7 Å². The van der Waals surface area contributed by atoms with Crippen molar-refractivity contribution >= 4 is 11.7 Å². The Kier molecular flexibility index (Phi) is 5.22. The number of esters is 1. The van der Waals surface area contributed by atoms with Crippen LogP contribution in [-0.2, 0) is 11.2 Å². The van der Waals surface area contributed by atoms with Gasteiger partial charge in [-0.2, -0.15) is 0 Å². The summed E-state index contributed by atoms with van der Waals surface area (Å²) >= 11 is 0. The zero-order valence-electron chi connectivity index (χ0n) is 15.0. The summed E-state index contributed by atoms with van der Waals surface area (Å²) in [5, 5.41) is 3.39. The molecule has 0 amide bonds. The molecular formula is C20H24N2O3.